The number of carbonyl (C=O) groups excluding carboxylic acids is 2. The summed E-state index contributed by atoms with van der Waals surface area (Å²) in [6.45, 7) is 2.79. The van der Waals surface area contributed by atoms with Crippen molar-refractivity contribution in [2.24, 2.45) is 0 Å². The number of nitrogens with one attached hydrogen (secondary N) is 1. The zero-order valence-electron chi connectivity index (χ0n) is 9.98. The molecule has 0 saturated heterocycles. The number of anilines is 1. The predicted octanol–water partition coefficient (Wildman–Crippen LogP) is 1.18. The van der Waals surface area contributed by atoms with Crippen LogP contribution in [0.1, 0.15) is 24.2 Å². The molecule has 0 unspecified atom stereocenters. The van der Waals surface area contributed by atoms with Gasteiger partial charge in [0.2, 0.25) is 0 Å². The number of hydrogen-bond acceptors (Lipinski definition) is 4. The second kappa shape index (κ2) is 4.97. The standard InChI is InChI=1S/C12H15NO4/c1-12(2,16)11(15)13-9-6-4-8(5-7-9)10(14)17-3/h4-7,16H,1-3H3,(H,13,15). The maximum Gasteiger partial charge on any atom is 0.337 e. The summed E-state index contributed by atoms with van der Waals surface area (Å²) in [7, 11) is 1.30. The minimum absolute atomic E-state index is 0.397. The molecule has 0 spiro atoms. The van der Waals surface area contributed by atoms with Gasteiger partial charge in [0.15, 0.2) is 0 Å². The highest BCUT2D eigenvalue weighted by atomic mass is 16.5. The average molecular weight is 237 g/mol. The fourth-order valence-electron chi connectivity index (χ4n) is 1.09. The summed E-state index contributed by atoms with van der Waals surface area (Å²) in [5.41, 5.74) is -0.542. The maximum atomic E-state index is 11.5. The van der Waals surface area contributed by atoms with Crippen molar-refractivity contribution >= 4 is 17.6 Å². The Balaban J connectivity index is 2.76. The molecule has 1 amide bonds. The van der Waals surface area contributed by atoms with E-state index in [4.69, 9.17) is 0 Å². The van der Waals surface area contributed by atoms with E-state index in [-0.39, 0.29) is 0 Å². The summed E-state index contributed by atoms with van der Waals surface area (Å²) in [4.78, 5) is 22.6. The van der Waals surface area contributed by atoms with Gasteiger partial charge in [0.25, 0.3) is 5.91 Å². The second-order valence-corrected chi connectivity index (χ2v) is 4.08. The Morgan fingerprint density at radius 3 is 2.18 bits per heavy atom. The average Bonchev–Trinajstić information content (AvgIpc) is 2.27. The molecule has 1 aromatic rings. The molecule has 5 heteroatoms. The van der Waals surface area contributed by atoms with Crippen LogP contribution in [0.4, 0.5) is 5.69 Å². The Bertz CT molecular complexity index is 417. The predicted molar refractivity (Wildman–Crippen MR) is 62.7 cm³/mol. The lowest BCUT2D eigenvalue weighted by Gasteiger charge is -2.16. The van der Waals surface area contributed by atoms with E-state index in [1.165, 1.54) is 33.1 Å². The van der Waals surface area contributed by atoms with Gasteiger partial charge in [-0.3, -0.25) is 4.79 Å². The van der Waals surface area contributed by atoms with Crippen LogP contribution in [-0.4, -0.2) is 29.7 Å². The Labute approximate surface area is 99.4 Å². The third-order valence-electron chi connectivity index (χ3n) is 2.12. The largest absolute Gasteiger partial charge is 0.465 e. The first kappa shape index (κ1) is 13.2. The first-order valence-corrected chi connectivity index (χ1v) is 5.07. The lowest BCUT2D eigenvalue weighted by Crippen LogP contribution is -2.36. The van der Waals surface area contributed by atoms with Gasteiger partial charge in [0.1, 0.15) is 5.60 Å². The molecule has 5 nitrogen and oxygen atoms in total. The Morgan fingerprint density at radius 1 is 1.24 bits per heavy atom. The molecule has 0 radical (unpaired) electrons. The molecule has 0 bridgehead atoms. The summed E-state index contributed by atoms with van der Waals surface area (Å²) in [5, 5.41) is 12.0. The SMILES string of the molecule is COC(=O)c1ccc(NC(=O)C(C)(C)O)cc1. The van der Waals surface area contributed by atoms with E-state index in [1.54, 1.807) is 12.1 Å². The molecule has 1 aromatic carbocycles. The number of aliphatic hydroxyl groups is 1. The highest BCUT2D eigenvalue weighted by molar-refractivity contribution is 5.97. The van der Waals surface area contributed by atoms with E-state index < -0.39 is 17.5 Å². The van der Waals surface area contributed by atoms with Crippen molar-refractivity contribution < 1.29 is 19.4 Å². The first-order valence-electron chi connectivity index (χ1n) is 5.07. The van der Waals surface area contributed by atoms with Gasteiger partial charge in [-0.05, 0) is 38.1 Å². The fraction of sp³-hybridized carbons (Fsp3) is 0.333. The van der Waals surface area contributed by atoms with Crippen molar-refractivity contribution in [3.8, 4) is 0 Å². The minimum atomic E-state index is -1.44. The van der Waals surface area contributed by atoms with E-state index in [0.717, 1.165) is 0 Å². The van der Waals surface area contributed by atoms with Crippen LogP contribution in [0.2, 0.25) is 0 Å². The lowest BCUT2D eigenvalue weighted by molar-refractivity contribution is -0.130. The van der Waals surface area contributed by atoms with Crippen LogP contribution in [0.3, 0.4) is 0 Å². The number of esters is 1. The number of rotatable bonds is 3. The Morgan fingerprint density at radius 2 is 1.76 bits per heavy atom. The van der Waals surface area contributed by atoms with Crippen LogP contribution in [-0.2, 0) is 9.53 Å². The molecule has 0 fully saturated rings. The quantitative estimate of drug-likeness (QED) is 0.774. The number of benzene rings is 1. The molecule has 1 rings (SSSR count). The van der Waals surface area contributed by atoms with Crippen molar-refractivity contribution in [1.82, 2.24) is 0 Å². The molecule has 17 heavy (non-hydrogen) atoms. The molecular formula is C12H15NO4. The molecule has 0 saturated carbocycles. The van der Waals surface area contributed by atoms with Crippen LogP contribution >= 0.6 is 0 Å². The van der Waals surface area contributed by atoms with Gasteiger partial charge in [-0.2, -0.15) is 0 Å². The molecule has 0 atom stereocenters. The molecular weight excluding hydrogens is 222 g/mol. The Hall–Kier alpha value is -1.88. The summed E-state index contributed by atoms with van der Waals surface area (Å²) in [6.07, 6.45) is 0. The van der Waals surface area contributed by atoms with Crippen LogP contribution in [0, 0.1) is 0 Å². The van der Waals surface area contributed by atoms with E-state index in [2.05, 4.69) is 10.1 Å². The molecule has 2 N–H and O–H groups in total. The summed E-state index contributed by atoms with van der Waals surface area (Å²) in [5.74, 6) is -0.950. The van der Waals surface area contributed by atoms with Gasteiger partial charge < -0.3 is 15.2 Å². The number of amides is 1. The second-order valence-electron chi connectivity index (χ2n) is 4.08. The van der Waals surface area contributed by atoms with E-state index in [9.17, 15) is 14.7 Å². The molecule has 0 aliphatic heterocycles. The van der Waals surface area contributed by atoms with Crippen molar-refractivity contribution in [3.05, 3.63) is 29.8 Å². The van der Waals surface area contributed by atoms with Gasteiger partial charge >= 0.3 is 5.97 Å². The van der Waals surface area contributed by atoms with Crippen molar-refractivity contribution in [3.63, 3.8) is 0 Å². The summed E-state index contributed by atoms with van der Waals surface area (Å²) in [6, 6.07) is 6.20. The van der Waals surface area contributed by atoms with Crippen LogP contribution in [0.25, 0.3) is 0 Å². The fourth-order valence-corrected chi connectivity index (χ4v) is 1.09. The lowest BCUT2D eigenvalue weighted by atomic mass is 10.1. The first-order chi connectivity index (χ1) is 7.84. The van der Waals surface area contributed by atoms with E-state index in [0.29, 0.717) is 11.3 Å². The highest BCUT2D eigenvalue weighted by Crippen LogP contribution is 2.12. The minimum Gasteiger partial charge on any atom is -0.465 e. The number of methoxy groups -OCH3 is 1. The van der Waals surface area contributed by atoms with E-state index in [1.807, 2.05) is 0 Å². The molecule has 0 aromatic heterocycles. The Kier molecular flexibility index (Phi) is 3.85. The molecule has 92 valence electrons. The number of hydrogen-bond donors (Lipinski definition) is 2. The van der Waals surface area contributed by atoms with Gasteiger partial charge in [-0.25, -0.2) is 4.79 Å². The van der Waals surface area contributed by atoms with Crippen LogP contribution in [0.15, 0.2) is 24.3 Å². The van der Waals surface area contributed by atoms with Crippen molar-refractivity contribution in [1.29, 1.82) is 0 Å². The van der Waals surface area contributed by atoms with Gasteiger partial charge in [0, 0.05) is 5.69 Å². The maximum absolute atomic E-state index is 11.5. The topological polar surface area (TPSA) is 75.6 Å². The molecule has 0 aliphatic carbocycles. The normalized spacial score (nSPS) is 10.8. The zero-order valence-corrected chi connectivity index (χ0v) is 9.98. The molecule has 0 aliphatic rings. The van der Waals surface area contributed by atoms with Crippen molar-refractivity contribution in [2.75, 3.05) is 12.4 Å². The van der Waals surface area contributed by atoms with Gasteiger partial charge in [-0.15, -0.1) is 0 Å². The number of ether oxygens (including phenoxy) is 1. The van der Waals surface area contributed by atoms with E-state index >= 15 is 0 Å². The monoisotopic (exact) mass is 237 g/mol. The van der Waals surface area contributed by atoms with Crippen molar-refractivity contribution in [2.45, 2.75) is 19.4 Å². The smallest absolute Gasteiger partial charge is 0.337 e. The van der Waals surface area contributed by atoms with Gasteiger partial charge in [-0.1, -0.05) is 0 Å². The van der Waals surface area contributed by atoms with Crippen LogP contribution in [0.5, 0.6) is 0 Å². The third-order valence-corrected chi connectivity index (χ3v) is 2.12. The highest BCUT2D eigenvalue weighted by Gasteiger charge is 2.23. The zero-order chi connectivity index (χ0) is 13.1. The van der Waals surface area contributed by atoms with Gasteiger partial charge in [0.05, 0.1) is 12.7 Å². The van der Waals surface area contributed by atoms with Crippen LogP contribution < -0.4 is 5.32 Å². The molecule has 0 heterocycles. The summed E-state index contributed by atoms with van der Waals surface area (Å²) < 4.78 is 4.55. The number of carbonyl (C=O) groups is 2. The third kappa shape index (κ3) is 3.57. The summed E-state index contributed by atoms with van der Waals surface area (Å²) >= 11 is 0.